The maximum absolute atomic E-state index is 13.1. The van der Waals surface area contributed by atoms with Crippen LogP contribution in [0.25, 0.3) is 0 Å². The molecule has 5 heteroatoms. The van der Waals surface area contributed by atoms with E-state index in [1.165, 1.54) is 18.2 Å². The van der Waals surface area contributed by atoms with Crippen molar-refractivity contribution >= 4 is 11.8 Å². The van der Waals surface area contributed by atoms with Crippen LogP contribution < -0.4 is 10.6 Å². The second-order valence-corrected chi connectivity index (χ2v) is 5.17. The zero-order valence-electron chi connectivity index (χ0n) is 12.1. The Morgan fingerprint density at radius 1 is 1.25 bits per heavy atom. The number of aryl methyl sites for hydroxylation is 1. The van der Waals surface area contributed by atoms with E-state index in [1.54, 1.807) is 6.92 Å². The fourth-order valence-electron chi connectivity index (χ4n) is 1.58. The van der Waals surface area contributed by atoms with E-state index in [4.69, 9.17) is 0 Å². The first-order valence-electron chi connectivity index (χ1n) is 6.71. The number of amides is 2. The molecule has 1 aromatic rings. The van der Waals surface area contributed by atoms with Gasteiger partial charge in [-0.25, -0.2) is 4.39 Å². The van der Waals surface area contributed by atoms with Gasteiger partial charge in [-0.3, -0.25) is 9.59 Å². The van der Waals surface area contributed by atoms with Crippen LogP contribution in [-0.4, -0.2) is 24.9 Å². The van der Waals surface area contributed by atoms with Crippen molar-refractivity contribution in [3.8, 4) is 0 Å². The van der Waals surface area contributed by atoms with Gasteiger partial charge < -0.3 is 10.6 Å². The van der Waals surface area contributed by atoms with Gasteiger partial charge in [0.25, 0.3) is 5.91 Å². The first kappa shape index (κ1) is 16.1. The standard InChI is InChI=1S/C15H21FN2O2/c1-10(2)9-18-14(19)6-7-17-15(20)12-4-5-13(16)11(3)8-12/h4-5,8,10H,6-7,9H2,1-3H3,(H,17,20)(H,18,19). The number of halogens is 1. The lowest BCUT2D eigenvalue weighted by Gasteiger charge is -2.08. The van der Waals surface area contributed by atoms with Crippen LogP contribution in [-0.2, 0) is 4.79 Å². The van der Waals surface area contributed by atoms with Crippen molar-refractivity contribution in [3.05, 3.63) is 35.1 Å². The minimum absolute atomic E-state index is 0.0886. The number of rotatable bonds is 6. The third-order valence-electron chi connectivity index (χ3n) is 2.77. The Hall–Kier alpha value is -1.91. The van der Waals surface area contributed by atoms with Crippen LogP contribution in [0.2, 0.25) is 0 Å². The van der Waals surface area contributed by atoms with Crippen molar-refractivity contribution in [1.82, 2.24) is 10.6 Å². The zero-order chi connectivity index (χ0) is 15.1. The molecule has 0 bridgehead atoms. The van der Waals surface area contributed by atoms with Crippen molar-refractivity contribution in [3.63, 3.8) is 0 Å². The second-order valence-electron chi connectivity index (χ2n) is 5.17. The highest BCUT2D eigenvalue weighted by atomic mass is 19.1. The van der Waals surface area contributed by atoms with Crippen LogP contribution in [0.3, 0.4) is 0 Å². The summed E-state index contributed by atoms with van der Waals surface area (Å²) in [4.78, 5) is 23.2. The highest BCUT2D eigenvalue weighted by Crippen LogP contribution is 2.08. The van der Waals surface area contributed by atoms with E-state index in [-0.39, 0.29) is 30.6 Å². The monoisotopic (exact) mass is 280 g/mol. The summed E-state index contributed by atoms with van der Waals surface area (Å²) in [6, 6.07) is 4.18. The fraction of sp³-hybridized carbons (Fsp3) is 0.467. The summed E-state index contributed by atoms with van der Waals surface area (Å²) >= 11 is 0. The Morgan fingerprint density at radius 2 is 1.95 bits per heavy atom. The predicted molar refractivity (Wildman–Crippen MR) is 75.9 cm³/mol. The predicted octanol–water partition coefficient (Wildman–Crippen LogP) is 2.03. The molecule has 0 saturated heterocycles. The highest BCUT2D eigenvalue weighted by molar-refractivity contribution is 5.94. The molecule has 20 heavy (non-hydrogen) atoms. The van der Waals surface area contributed by atoms with Gasteiger partial charge >= 0.3 is 0 Å². The average molecular weight is 280 g/mol. The van der Waals surface area contributed by atoms with Crippen LogP contribution in [0.1, 0.15) is 36.2 Å². The molecule has 2 amide bonds. The number of nitrogens with one attached hydrogen (secondary N) is 2. The van der Waals surface area contributed by atoms with Crippen molar-refractivity contribution in [2.24, 2.45) is 5.92 Å². The summed E-state index contributed by atoms with van der Waals surface area (Å²) in [5.74, 6) is -0.329. The lowest BCUT2D eigenvalue weighted by atomic mass is 10.1. The Kier molecular flexibility index (Phi) is 6.15. The van der Waals surface area contributed by atoms with Crippen LogP contribution in [0, 0.1) is 18.7 Å². The normalized spacial score (nSPS) is 10.4. The molecule has 0 heterocycles. The third-order valence-corrected chi connectivity index (χ3v) is 2.77. The number of carbonyl (C=O) groups excluding carboxylic acids is 2. The quantitative estimate of drug-likeness (QED) is 0.837. The van der Waals surface area contributed by atoms with Gasteiger partial charge in [0.15, 0.2) is 0 Å². The van der Waals surface area contributed by atoms with E-state index < -0.39 is 0 Å². The van der Waals surface area contributed by atoms with E-state index in [1.807, 2.05) is 13.8 Å². The van der Waals surface area contributed by atoms with Gasteiger partial charge in [-0.1, -0.05) is 13.8 Å². The average Bonchev–Trinajstić information content (AvgIpc) is 2.39. The molecule has 0 saturated carbocycles. The Labute approximate surface area is 118 Å². The summed E-state index contributed by atoms with van der Waals surface area (Å²) in [7, 11) is 0. The Morgan fingerprint density at radius 3 is 2.55 bits per heavy atom. The Bertz CT molecular complexity index is 487. The number of hydrogen-bond acceptors (Lipinski definition) is 2. The molecule has 0 atom stereocenters. The lowest BCUT2D eigenvalue weighted by molar-refractivity contribution is -0.121. The number of benzene rings is 1. The highest BCUT2D eigenvalue weighted by Gasteiger charge is 2.08. The largest absolute Gasteiger partial charge is 0.356 e. The molecule has 0 spiro atoms. The summed E-state index contributed by atoms with van der Waals surface area (Å²) in [5.41, 5.74) is 0.818. The lowest BCUT2D eigenvalue weighted by Crippen LogP contribution is -2.32. The summed E-state index contributed by atoms with van der Waals surface area (Å²) in [6.45, 7) is 6.52. The Balaban J connectivity index is 2.36. The van der Waals surface area contributed by atoms with E-state index in [2.05, 4.69) is 10.6 Å². The fourth-order valence-corrected chi connectivity index (χ4v) is 1.58. The molecule has 4 nitrogen and oxygen atoms in total. The summed E-state index contributed by atoms with van der Waals surface area (Å²) < 4.78 is 13.1. The molecule has 0 unspecified atom stereocenters. The molecule has 110 valence electrons. The van der Waals surface area contributed by atoms with Gasteiger partial charge in [-0.2, -0.15) is 0 Å². The summed E-state index contributed by atoms with van der Waals surface area (Å²) in [6.07, 6.45) is 0.235. The zero-order valence-corrected chi connectivity index (χ0v) is 12.1. The van der Waals surface area contributed by atoms with Crippen LogP contribution in [0.5, 0.6) is 0 Å². The molecule has 0 aliphatic carbocycles. The molecule has 2 N–H and O–H groups in total. The second kappa shape index (κ2) is 7.62. The van der Waals surface area contributed by atoms with Gasteiger partial charge in [0.2, 0.25) is 5.91 Å². The van der Waals surface area contributed by atoms with E-state index in [0.29, 0.717) is 23.6 Å². The maximum Gasteiger partial charge on any atom is 0.251 e. The molecular weight excluding hydrogens is 259 g/mol. The molecule has 0 radical (unpaired) electrons. The molecule has 0 aliphatic rings. The summed E-state index contributed by atoms with van der Waals surface area (Å²) in [5, 5.41) is 5.41. The number of hydrogen-bond donors (Lipinski definition) is 2. The van der Waals surface area contributed by atoms with Crippen molar-refractivity contribution in [1.29, 1.82) is 0 Å². The van der Waals surface area contributed by atoms with Crippen molar-refractivity contribution in [2.45, 2.75) is 27.2 Å². The number of carbonyl (C=O) groups is 2. The van der Waals surface area contributed by atoms with Gasteiger partial charge in [0, 0.05) is 25.1 Å². The van der Waals surface area contributed by atoms with Crippen LogP contribution in [0.4, 0.5) is 4.39 Å². The first-order valence-corrected chi connectivity index (χ1v) is 6.71. The van der Waals surface area contributed by atoms with Gasteiger partial charge in [-0.05, 0) is 36.6 Å². The van der Waals surface area contributed by atoms with Crippen LogP contribution in [0.15, 0.2) is 18.2 Å². The van der Waals surface area contributed by atoms with E-state index in [9.17, 15) is 14.0 Å². The van der Waals surface area contributed by atoms with Gasteiger partial charge in [-0.15, -0.1) is 0 Å². The molecule has 0 aromatic heterocycles. The molecule has 1 rings (SSSR count). The first-order chi connectivity index (χ1) is 9.40. The van der Waals surface area contributed by atoms with Crippen molar-refractivity contribution in [2.75, 3.05) is 13.1 Å². The minimum atomic E-state index is -0.338. The SMILES string of the molecule is Cc1cc(C(=O)NCCC(=O)NCC(C)C)ccc1F. The van der Waals surface area contributed by atoms with E-state index >= 15 is 0 Å². The maximum atomic E-state index is 13.1. The third kappa shape index (κ3) is 5.38. The minimum Gasteiger partial charge on any atom is -0.356 e. The molecular formula is C15H21FN2O2. The van der Waals surface area contributed by atoms with Crippen molar-refractivity contribution < 1.29 is 14.0 Å². The van der Waals surface area contributed by atoms with Crippen LogP contribution >= 0.6 is 0 Å². The van der Waals surface area contributed by atoms with Gasteiger partial charge in [0.05, 0.1) is 0 Å². The molecule has 0 fully saturated rings. The van der Waals surface area contributed by atoms with E-state index in [0.717, 1.165) is 0 Å². The molecule has 1 aromatic carbocycles. The molecule has 0 aliphatic heterocycles. The smallest absolute Gasteiger partial charge is 0.251 e. The topological polar surface area (TPSA) is 58.2 Å². The van der Waals surface area contributed by atoms with Gasteiger partial charge in [0.1, 0.15) is 5.82 Å².